The number of hydrogen-bond donors (Lipinski definition) is 2. The Bertz CT molecular complexity index is 378. The molecule has 2 N–H and O–H groups in total. The van der Waals surface area contributed by atoms with Crippen molar-refractivity contribution in [2.24, 2.45) is 0 Å². The molecule has 0 radical (unpaired) electrons. The maximum atomic E-state index is 11.0. The van der Waals surface area contributed by atoms with Crippen LogP contribution in [0.2, 0.25) is 0 Å². The SMILES string of the molecule is O=C(O)CSc1nc[nH]c(=O)c1Br. The van der Waals surface area contributed by atoms with Crippen LogP contribution >= 0.6 is 27.7 Å². The minimum Gasteiger partial charge on any atom is -0.481 e. The first kappa shape index (κ1) is 10.3. The molecule has 0 saturated carbocycles. The maximum Gasteiger partial charge on any atom is 0.313 e. The molecule has 0 aliphatic carbocycles. The van der Waals surface area contributed by atoms with E-state index in [9.17, 15) is 9.59 Å². The Labute approximate surface area is 85.7 Å². The number of carbonyl (C=O) groups is 1. The molecular weight excluding hydrogens is 260 g/mol. The van der Waals surface area contributed by atoms with Gasteiger partial charge in [0.25, 0.3) is 5.56 Å². The number of nitrogens with zero attached hydrogens (tertiary/aromatic N) is 1. The molecule has 5 nitrogen and oxygen atoms in total. The smallest absolute Gasteiger partial charge is 0.313 e. The van der Waals surface area contributed by atoms with Gasteiger partial charge in [-0.2, -0.15) is 0 Å². The molecule has 0 unspecified atom stereocenters. The molecule has 0 aliphatic heterocycles. The first-order valence-electron chi connectivity index (χ1n) is 3.19. The van der Waals surface area contributed by atoms with Crippen molar-refractivity contribution >= 4 is 33.7 Å². The summed E-state index contributed by atoms with van der Waals surface area (Å²) in [5.41, 5.74) is -0.317. The average Bonchev–Trinajstić information content (AvgIpc) is 2.07. The monoisotopic (exact) mass is 264 g/mol. The molecule has 0 spiro atoms. The van der Waals surface area contributed by atoms with Crippen LogP contribution in [-0.4, -0.2) is 26.8 Å². The second-order valence-corrected chi connectivity index (χ2v) is 3.79. The van der Waals surface area contributed by atoms with E-state index in [4.69, 9.17) is 5.11 Å². The number of nitrogens with one attached hydrogen (secondary N) is 1. The third kappa shape index (κ3) is 2.85. The Morgan fingerprint density at radius 1 is 1.77 bits per heavy atom. The van der Waals surface area contributed by atoms with Gasteiger partial charge in [-0.25, -0.2) is 4.98 Å². The molecule has 0 fully saturated rings. The van der Waals surface area contributed by atoms with Crippen molar-refractivity contribution in [3.63, 3.8) is 0 Å². The molecular formula is C6H5BrN2O3S. The Morgan fingerprint density at radius 2 is 2.46 bits per heavy atom. The van der Waals surface area contributed by atoms with Gasteiger partial charge in [0.2, 0.25) is 0 Å². The standard InChI is InChI=1S/C6H5BrN2O3S/c7-4-5(12)8-2-9-6(4)13-1-3(10)11/h2H,1H2,(H,10,11)(H,8,9,12). The third-order valence-corrected chi connectivity index (χ3v) is 3.07. The second kappa shape index (κ2) is 4.43. The highest BCUT2D eigenvalue weighted by Crippen LogP contribution is 2.20. The van der Waals surface area contributed by atoms with Gasteiger partial charge in [-0.1, -0.05) is 11.8 Å². The summed E-state index contributed by atoms with van der Waals surface area (Å²) >= 11 is 4.00. The molecule has 0 saturated heterocycles. The largest absolute Gasteiger partial charge is 0.481 e. The van der Waals surface area contributed by atoms with E-state index >= 15 is 0 Å². The van der Waals surface area contributed by atoms with E-state index < -0.39 is 5.97 Å². The van der Waals surface area contributed by atoms with Crippen LogP contribution < -0.4 is 5.56 Å². The topological polar surface area (TPSA) is 83.0 Å². The van der Waals surface area contributed by atoms with Crippen LogP contribution in [0.4, 0.5) is 0 Å². The number of thioether (sulfide) groups is 1. The Hall–Kier alpha value is -0.820. The van der Waals surface area contributed by atoms with Crippen molar-refractivity contribution in [3.8, 4) is 0 Å². The molecule has 1 rings (SSSR count). The minimum atomic E-state index is -0.945. The summed E-state index contributed by atoms with van der Waals surface area (Å²) in [5.74, 6) is -1.06. The van der Waals surface area contributed by atoms with Crippen LogP contribution in [0, 0.1) is 0 Å². The zero-order valence-corrected chi connectivity index (χ0v) is 8.68. The number of halogens is 1. The summed E-state index contributed by atoms with van der Waals surface area (Å²) < 4.78 is 0.265. The summed E-state index contributed by atoms with van der Waals surface area (Å²) in [6.45, 7) is 0. The molecule has 1 aromatic rings. The molecule has 13 heavy (non-hydrogen) atoms. The zero-order valence-electron chi connectivity index (χ0n) is 6.28. The van der Waals surface area contributed by atoms with Crippen LogP contribution in [0.3, 0.4) is 0 Å². The lowest BCUT2D eigenvalue weighted by Crippen LogP contribution is -2.09. The number of carboxylic acids is 1. The van der Waals surface area contributed by atoms with Gasteiger partial charge in [0, 0.05) is 0 Å². The van der Waals surface area contributed by atoms with Crippen LogP contribution in [0.5, 0.6) is 0 Å². The zero-order chi connectivity index (χ0) is 9.84. The van der Waals surface area contributed by atoms with Crippen molar-refractivity contribution in [1.29, 1.82) is 0 Å². The Morgan fingerprint density at radius 3 is 3.08 bits per heavy atom. The number of hydrogen-bond acceptors (Lipinski definition) is 4. The highest BCUT2D eigenvalue weighted by Gasteiger charge is 2.07. The summed E-state index contributed by atoms with van der Waals surface area (Å²) in [5, 5.41) is 8.77. The Balaban J connectivity index is 2.83. The van der Waals surface area contributed by atoms with Crippen molar-refractivity contribution < 1.29 is 9.90 Å². The molecule has 0 bridgehead atoms. The Kier molecular flexibility index (Phi) is 3.49. The van der Waals surface area contributed by atoms with Gasteiger partial charge >= 0.3 is 5.97 Å². The molecule has 1 heterocycles. The van der Waals surface area contributed by atoms with Gasteiger partial charge in [-0.15, -0.1) is 0 Å². The summed E-state index contributed by atoms with van der Waals surface area (Å²) in [6, 6.07) is 0. The van der Waals surface area contributed by atoms with E-state index in [1.807, 2.05) is 0 Å². The van der Waals surface area contributed by atoms with Crippen LogP contribution in [-0.2, 0) is 4.79 Å². The summed E-state index contributed by atoms with van der Waals surface area (Å²) in [4.78, 5) is 27.4. The number of aromatic nitrogens is 2. The molecule has 70 valence electrons. The molecule has 1 aromatic heterocycles. The van der Waals surface area contributed by atoms with E-state index in [1.165, 1.54) is 6.33 Å². The summed E-state index contributed by atoms with van der Waals surface area (Å²) in [6.07, 6.45) is 1.23. The van der Waals surface area contributed by atoms with Crippen molar-refractivity contribution in [1.82, 2.24) is 9.97 Å². The predicted molar refractivity (Wildman–Crippen MR) is 50.9 cm³/mol. The first-order valence-corrected chi connectivity index (χ1v) is 4.97. The lowest BCUT2D eigenvalue weighted by atomic mass is 10.7. The van der Waals surface area contributed by atoms with Gasteiger partial charge in [0.15, 0.2) is 0 Å². The molecule has 0 amide bonds. The first-order chi connectivity index (χ1) is 6.11. The van der Waals surface area contributed by atoms with Gasteiger partial charge < -0.3 is 10.1 Å². The number of rotatable bonds is 3. The molecule has 0 aliphatic rings. The van der Waals surface area contributed by atoms with Gasteiger partial charge in [-0.3, -0.25) is 9.59 Å². The van der Waals surface area contributed by atoms with Gasteiger partial charge in [-0.05, 0) is 15.9 Å². The quantitative estimate of drug-likeness (QED) is 0.621. The van der Waals surface area contributed by atoms with Gasteiger partial charge in [0.1, 0.15) is 9.50 Å². The molecule has 7 heteroatoms. The normalized spacial score (nSPS) is 9.92. The highest BCUT2D eigenvalue weighted by molar-refractivity contribution is 9.10. The summed E-state index contributed by atoms with van der Waals surface area (Å²) in [7, 11) is 0. The van der Waals surface area contributed by atoms with E-state index in [2.05, 4.69) is 25.9 Å². The fourth-order valence-electron chi connectivity index (χ4n) is 0.597. The maximum absolute atomic E-state index is 11.0. The predicted octanol–water partition coefficient (Wildman–Crippen LogP) is 0.709. The minimum absolute atomic E-state index is 0.116. The van der Waals surface area contributed by atoms with Crippen molar-refractivity contribution in [3.05, 3.63) is 21.2 Å². The fraction of sp³-hybridized carbons (Fsp3) is 0.167. The van der Waals surface area contributed by atoms with E-state index in [1.54, 1.807) is 0 Å². The lowest BCUT2D eigenvalue weighted by molar-refractivity contribution is -0.133. The van der Waals surface area contributed by atoms with E-state index in [-0.39, 0.29) is 15.8 Å². The molecule has 0 atom stereocenters. The third-order valence-electron chi connectivity index (χ3n) is 1.10. The number of aromatic amines is 1. The molecule has 0 aromatic carbocycles. The van der Waals surface area contributed by atoms with Crippen molar-refractivity contribution in [2.75, 3.05) is 5.75 Å². The van der Waals surface area contributed by atoms with Crippen LogP contribution in [0.1, 0.15) is 0 Å². The van der Waals surface area contributed by atoms with Crippen molar-refractivity contribution in [2.45, 2.75) is 5.03 Å². The number of aliphatic carboxylic acids is 1. The van der Waals surface area contributed by atoms with Crippen LogP contribution in [0.15, 0.2) is 20.6 Å². The van der Waals surface area contributed by atoms with Crippen LogP contribution in [0.25, 0.3) is 0 Å². The lowest BCUT2D eigenvalue weighted by Gasteiger charge is -1.98. The van der Waals surface area contributed by atoms with Gasteiger partial charge in [0.05, 0.1) is 12.1 Å². The second-order valence-electron chi connectivity index (χ2n) is 2.03. The fourth-order valence-corrected chi connectivity index (χ4v) is 1.76. The number of carboxylic acid groups (broad SMARTS) is 1. The number of H-pyrrole nitrogens is 1. The van der Waals surface area contributed by atoms with E-state index in [0.29, 0.717) is 5.03 Å². The van der Waals surface area contributed by atoms with E-state index in [0.717, 1.165) is 11.8 Å². The highest BCUT2D eigenvalue weighted by atomic mass is 79.9. The average molecular weight is 265 g/mol.